The first-order valence-electron chi connectivity index (χ1n) is 7.16. The van der Waals surface area contributed by atoms with Crippen LogP contribution in [0, 0.1) is 5.92 Å². The van der Waals surface area contributed by atoms with Gasteiger partial charge in [0.1, 0.15) is 6.04 Å². The number of esters is 1. The van der Waals surface area contributed by atoms with Gasteiger partial charge in [-0.1, -0.05) is 20.3 Å². The molecule has 0 aliphatic heterocycles. The Balaban J connectivity index is 4.28. The minimum Gasteiger partial charge on any atom is -0.467 e. The number of nitrogens with one attached hydrogen (secondary N) is 2. The topological polar surface area (TPSA) is 70.7 Å². The van der Waals surface area contributed by atoms with Crippen molar-refractivity contribution in [3.05, 3.63) is 0 Å². The molecular formula is C14H29N3O3. The lowest BCUT2D eigenvalue weighted by Crippen LogP contribution is -2.48. The number of likely N-dealkylation sites (N-methyl/N-ethyl adjacent to an activating group) is 1. The normalized spacial score (nSPS) is 13.9. The predicted octanol–water partition coefficient (Wildman–Crippen LogP) is 0.232. The van der Waals surface area contributed by atoms with Crippen LogP contribution >= 0.6 is 0 Å². The minimum absolute atomic E-state index is 0.0565. The van der Waals surface area contributed by atoms with Gasteiger partial charge in [0, 0.05) is 0 Å². The number of carbonyl (C=O) groups is 2. The molecule has 2 N–H and O–H groups in total. The van der Waals surface area contributed by atoms with Crippen LogP contribution in [-0.2, 0) is 14.3 Å². The monoisotopic (exact) mass is 287 g/mol. The van der Waals surface area contributed by atoms with Crippen molar-refractivity contribution >= 4 is 11.9 Å². The Morgan fingerprint density at radius 3 is 2.50 bits per heavy atom. The largest absolute Gasteiger partial charge is 0.467 e. The fourth-order valence-electron chi connectivity index (χ4n) is 1.87. The lowest BCUT2D eigenvalue weighted by atomic mass is 9.99. The van der Waals surface area contributed by atoms with Gasteiger partial charge < -0.3 is 15.4 Å². The van der Waals surface area contributed by atoms with E-state index in [1.807, 2.05) is 32.8 Å². The number of hydrogen-bond donors (Lipinski definition) is 2. The first-order chi connectivity index (χ1) is 9.46. The molecule has 20 heavy (non-hydrogen) atoms. The van der Waals surface area contributed by atoms with Gasteiger partial charge in [-0.2, -0.15) is 0 Å². The fraction of sp³-hybridized carbons (Fsp3) is 0.857. The zero-order valence-electron chi connectivity index (χ0n) is 13.4. The second-order valence-corrected chi connectivity index (χ2v) is 5.15. The van der Waals surface area contributed by atoms with Gasteiger partial charge >= 0.3 is 5.97 Å². The predicted molar refractivity (Wildman–Crippen MR) is 79.4 cm³/mol. The van der Waals surface area contributed by atoms with Crippen LogP contribution in [0.15, 0.2) is 0 Å². The summed E-state index contributed by atoms with van der Waals surface area (Å²) in [4.78, 5) is 25.6. The molecule has 0 aromatic rings. The quantitative estimate of drug-likeness (QED) is 0.445. The molecule has 0 rings (SSSR count). The van der Waals surface area contributed by atoms with E-state index in [-0.39, 0.29) is 24.3 Å². The average Bonchev–Trinajstić information content (AvgIpc) is 2.43. The molecule has 0 spiro atoms. The number of ether oxygens (including phenoxy) is 1. The standard InChI is InChI=1S/C14H29N3O3/c1-6-11(2)13(14(19)20-5)16-12(18)10-17(4)9-7-8-15-3/h11,13,15H,6-10H2,1-5H3,(H,16,18). The maximum atomic E-state index is 12.0. The molecule has 0 aromatic heterocycles. The Hall–Kier alpha value is -1.14. The van der Waals surface area contributed by atoms with Gasteiger partial charge in [0.25, 0.3) is 0 Å². The first-order valence-corrected chi connectivity index (χ1v) is 7.16. The molecule has 0 aliphatic carbocycles. The first kappa shape index (κ1) is 18.9. The third kappa shape index (κ3) is 7.45. The Morgan fingerprint density at radius 1 is 1.35 bits per heavy atom. The molecule has 1 amide bonds. The maximum absolute atomic E-state index is 12.0. The molecule has 118 valence electrons. The number of rotatable bonds is 10. The molecule has 2 atom stereocenters. The summed E-state index contributed by atoms with van der Waals surface area (Å²) >= 11 is 0. The van der Waals surface area contributed by atoms with Crippen molar-refractivity contribution in [3.8, 4) is 0 Å². The Kier molecular flexibility index (Phi) is 10.0. The molecule has 0 saturated heterocycles. The van der Waals surface area contributed by atoms with Gasteiger partial charge in [-0.3, -0.25) is 9.69 Å². The minimum atomic E-state index is -0.566. The molecule has 0 aromatic carbocycles. The van der Waals surface area contributed by atoms with Crippen LogP contribution in [-0.4, -0.2) is 63.7 Å². The fourth-order valence-corrected chi connectivity index (χ4v) is 1.87. The van der Waals surface area contributed by atoms with E-state index in [1.54, 1.807) is 0 Å². The van der Waals surface area contributed by atoms with E-state index in [1.165, 1.54) is 7.11 Å². The summed E-state index contributed by atoms with van der Waals surface area (Å²) in [6.07, 6.45) is 1.78. The number of amides is 1. The zero-order chi connectivity index (χ0) is 15.5. The maximum Gasteiger partial charge on any atom is 0.328 e. The highest BCUT2D eigenvalue weighted by atomic mass is 16.5. The highest BCUT2D eigenvalue weighted by Crippen LogP contribution is 2.09. The van der Waals surface area contributed by atoms with Crippen molar-refractivity contribution < 1.29 is 14.3 Å². The summed E-state index contributed by atoms with van der Waals surface area (Å²) in [6, 6.07) is -0.566. The number of nitrogens with zero attached hydrogens (tertiary/aromatic N) is 1. The molecule has 0 saturated carbocycles. The van der Waals surface area contributed by atoms with Crippen molar-refractivity contribution in [2.75, 3.05) is 40.8 Å². The highest BCUT2D eigenvalue weighted by molar-refractivity contribution is 5.85. The van der Waals surface area contributed by atoms with Gasteiger partial charge in [-0.15, -0.1) is 0 Å². The smallest absolute Gasteiger partial charge is 0.328 e. The van der Waals surface area contributed by atoms with Crippen LogP contribution in [0.1, 0.15) is 26.7 Å². The number of hydrogen-bond acceptors (Lipinski definition) is 5. The highest BCUT2D eigenvalue weighted by Gasteiger charge is 2.26. The molecule has 6 nitrogen and oxygen atoms in total. The Bertz CT molecular complexity index is 297. The lowest BCUT2D eigenvalue weighted by molar-refractivity contribution is -0.146. The molecule has 0 fully saturated rings. The lowest BCUT2D eigenvalue weighted by Gasteiger charge is -2.23. The second-order valence-electron chi connectivity index (χ2n) is 5.15. The summed E-state index contributed by atoms with van der Waals surface area (Å²) in [5.74, 6) is -0.473. The van der Waals surface area contributed by atoms with E-state index in [2.05, 4.69) is 10.6 Å². The van der Waals surface area contributed by atoms with Gasteiger partial charge in [0.2, 0.25) is 5.91 Å². The molecule has 0 heterocycles. The summed E-state index contributed by atoms with van der Waals surface area (Å²) in [5, 5.41) is 5.83. The van der Waals surface area contributed by atoms with Gasteiger partial charge in [-0.25, -0.2) is 4.79 Å². The van der Waals surface area contributed by atoms with Crippen molar-refractivity contribution in [1.29, 1.82) is 0 Å². The summed E-state index contributed by atoms with van der Waals surface area (Å²) in [7, 11) is 5.14. The van der Waals surface area contributed by atoms with E-state index in [0.29, 0.717) is 0 Å². The van der Waals surface area contributed by atoms with Crippen LogP contribution in [0.25, 0.3) is 0 Å². The second kappa shape index (κ2) is 10.6. The summed E-state index contributed by atoms with van der Waals surface area (Å²) in [6.45, 7) is 5.95. The molecule has 2 unspecified atom stereocenters. The molecular weight excluding hydrogens is 258 g/mol. The molecule has 6 heteroatoms. The van der Waals surface area contributed by atoms with Crippen molar-refractivity contribution in [3.63, 3.8) is 0 Å². The summed E-state index contributed by atoms with van der Waals surface area (Å²) < 4.78 is 4.75. The Morgan fingerprint density at radius 2 is 2.00 bits per heavy atom. The van der Waals surface area contributed by atoms with Crippen LogP contribution in [0.3, 0.4) is 0 Å². The van der Waals surface area contributed by atoms with Gasteiger partial charge in [0.05, 0.1) is 13.7 Å². The van der Waals surface area contributed by atoms with Crippen LogP contribution < -0.4 is 10.6 Å². The molecule has 0 aliphatic rings. The Labute approximate surface area is 122 Å². The van der Waals surface area contributed by atoms with Crippen LogP contribution in [0.2, 0.25) is 0 Å². The van der Waals surface area contributed by atoms with Crippen molar-refractivity contribution in [2.45, 2.75) is 32.7 Å². The molecule has 0 bridgehead atoms. The third-order valence-corrected chi connectivity index (χ3v) is 3.36. The van der Waals surface area contributed by atoms with Crippen molar-refractivity contribution in [2.24, 2.45) is 5.92 Å². The average molecular weight is 287 g/mol. The van der Waals surface area contributed by atoms with Crippen molar-refractivity contribution in [1.82, 2.24) is 15.5 Å². The van der Waals surface area contributed by atoms with Gasteiger partial charge in [0.15, 0.2) is 0 Å². The van der Waals surface area contributed by atoms with Crippen LogP contribution in [0.5, 0.6) is 0 Å². The van der Waals surface area contributed by atoms with Gasteiger partial charge in [-0.05, 0) is 39.5 Å². The van der Waals surface area contributed by atoms with Crippen LogP contribution in [0.4, 0.5) is 0 Å². The number of carbonyl (C=O) groups excluding carboxylic acids is 2. The zero-order valence-corrected chi connectivity index (χ0v) is 13.4. The number of methoxy groups -OCH3 is 1. The molecule has 0 radical (unpaired) electrons. The van der Waals surface area contributed by atoms with E-state index in [4.69, 9.17) is 4.74 Å². The van der Waals surface area contributed by atoms with E-state index >= 15 is 0 Å². The van der Waals surface area contributed by atoms with E-state index < -0.39 is 6.04 Å². The third-order valence-electron chi connectivity index (χ3n) is 3.36. The summed E-state index contributed by atoms with van der Waals surface area (Å²) in [5.41, 5.74) is 0. The van der Waals surface area contributed by atoms with E-state index in [0.717, 1.165) is 25.9 Å². The SMILES string of the molecule is CCC(C)C(NC(=O)CN(C)CCCNC)C(=O)OC. The van der Waals surface area contributed by atoms with E-state index in [9.17, 15) is 9.59 Å².